The molecule has 0 saturated carbocycles. The monoisotopic (exact) mass is 336 g/mol. The van der Waals surface area contributed by atoms with Crippen molar-refractivity contribution in [2.45, 2.75) is 56.1 Å². The normalized spacial score (nSPS) is 22.9. The minimum atomic E-state index is -3.59. The maximum atomic E-state index is 12.9. The zero-order chi connectivity index (χ0) is 15.9. The number of fused-ring (bicyclic) bond motifs is 1. The highest BCUT2D eigenvalue weighted by molar-refractivity contribution is 7.89. The number of aromatic nitrogens is 5. The summed E-state index contributed by atoms with van der Waals surface area (Å²) in [4.78, 5) is 6.57. The topological polar surface area (TPSA) is 96.8 Å². The fraction of sp³-hybridized carbons (Fsp3) is 0.643. The van der Waals surface area contributed by atoms with Gasteiger partial charge in [0.1, 0.15) is 5.82 Å². The van der Waals surface area contributed by atoms with Crippen LogP contribution in [0.1, 0.15) is 49.8 Å². The lowest BCUT2D eigenvalue weighted by atomic mass is 10.0. The van der Waals surface area contributed by atoms with Gasteiger partial charge in [0.05, 0.1) is 18.6 Å². The molecule has 2 aliphatic rings. The highest BCUT2D eigenvalue weighted by Crippen LogP contribution is 2.35. The number of hydrogen-bond acceptors (Lipinski definition) is 5. The Morgan fingerprint density at radius 1 is 1.13 bits per heavy atom. The molecule has 9 heteroatoms. The van der Waals surface area contributed by atoms with Gasteiger partial charge in [-0.2, -0.15) is 4.31 Å². The van der Waals surface area contributed by atoms with Crippen LogP contribution in [0.25, 0.3) is 0 Å². The highest BCUT2D eigenvalue weighted by atomic mass is 32.2. The minimum Gasteiger partial charge on any atom is -0.335 e. The Morgan fingerprint density at radius 2 is 2.00 bits per heavy atom. The van der Waals surface area contributed by atoms with Gasteiger partial charge in [0.25, 0.3) is 10.0 Å². The molecule has 0 bridgehead atoms. The van der Waals surface area contributed by atoms with Crippen molar-refractivity contribution in [1.29, 1.82) is 0 Å². The number of H-pyrrole nitrogens is 1. The second-order valence-corrected chi connectivity index (χ2v) is 7.99. The molecular formula is C14H20N6O2S. The van der Waals surface area contributed by atoms with E-state index in [2.05, 4.69) is 24.7 Å². The van der Waals surface area contributed by atoms with Gasteiger partial charge in [-0.3, -0.25) is 0 Å². The standard InChI is InChI=1S/C14H20N6O2S/c21-23(22,13-9-15-10-16-13)20-8-4-1-5-11(20)14-18-17-12-6-2-3-7-19(12)14/h9-11H,1-8H2,(H,15,16)/t11-/m0/s1. The fourth-order valence-electron chi connectivity index (χ4n) is 3.54. The van der Waals surface area contributed by atoms with Crippen molar-refractivity contribution < 1.29 is 8.42 Å². The van der Waals surface area contributed by atoms with Gasteiger partial charge in [-0.25, -0.2) is 13.4 Å². The molecule has 23 heavy (non-hydrogen) atoms. The summed E-state index contributed by atoms with van der Waals surface area (Å²) in [5.74, 6) is 1.78. The Morgan fingerprint density at radius 3 is 2.83 bits per heavy atom. The van der Waals surface area contributed by atoms with E-state index in [9.17, 15) is 8.42 Å². The number of imidazole rings is 1. The Labute approximate surface area is 135 Å². The maximum absolute atomic E-state index is 12.9. The van der Waals surface area contributed by atoms with E-state index in [-0.39, 0.29) is 11.1 Å². The van der Waals surface area contributed by atoms with E-state index in [1.807, 2.05) is 0 Å². The summed E-state index contributed by atoms with van der Waals surface area (Å²) >= 11 is 0. The molecule has 4 rings (SSSR count). The second kappa shape index (κ2) is 5.72. The molecule has 0 radical (unpaired) electrons. The van der Waals surface area contributed by atoms with Gasteiger partial charge in [-0.05, 0) is 25.7 Å². The van der Waals surface area contributed by atoms with Gasteiger partial charge >= 0.3 is 0 Å². The molecule has 2 aromatic heterocycles. The number of hydrogen-bond donors (Lipinski definition) is 1. The van der Waals surface area contributed by atoms with Crippen LogP contribution in [0, 0.1) is 0 Å². The molecule has 0 amide bonds. The Kier molecular flexibility index (Phi) is 3.68. The smallest absolute Gasteiger partial charge is 0.260 e. The minimum absolute atomic E-state index is 0.141. The zero-order valence-corrected chi connectivity index (χ0v) is 13.7. The zero-order valence-electron chi connectivity index (χ0n) is 12.8. The first-order chi connectivity index (χ1) is 11.2. The molecule has 0 unspecified atom stereocenters. The number of nitrogens with one attached hydrogen (secondary N) is 1. The van der Waals surface area contributed by atoms with Crippen LogP contribution < -0.4 is 0 Å². The van der Waals surface area contributed by atoms with Crippen LogP contribution in [0.2, 0.25) is 0 Å². The Balaban J connectivity index is 1.73. The lowest BCUT2D eigenvalue weighted by Crippen LogP contribution is -2.40. The van der Waals surface area contributed by atoms with Crippen molar-refractivity contribution in [2.24, 2.45) is 0 Å². The quantitative estimate of drug-likeness (QED) is 0.910. The van der Waals surface area contributed by atoms with Crippen LogP contribution in [0.5, 0.6) is 0 Å². The molecule has 1 saturated heterocycles. The number of aryl methyl sites for hydroxylation is 1. The third kappa shape index (κ3) is 2.47. The predicted octanol–water partition coefficient (Wildman–Crippen LogP) is 1.25. The van der Waals surface area contributed by atoms with Crippen molar-refractivity contribution in [3.63, 3.8) is 0 Å². The first kappa shape index (κ1) is 14.8. The van der Waals surface area contributed by atoms with Crippen LogP contribution in [-0.4, -0.2) is 44.0 Å². The van der Waals surface area contributed by atoms with Crippen molar-refractivity contribution in [3.05, 3.63) is 24.2 Å². The maximum Gasteiger partial charge on any atom is 0.260 e. The molecule has 1 fully saturated rings. The number of rotatable bonds is 3. The summed E-state index contributed by atoms with van der Waals surface area (Å²) in [6.45, 7) is 1.39. The average Bonchev–Trinajstić information content (AvgIpc) is 3.25. The third-order valence-corrected chi connectivity index (χ3v) is 6.53. The van der Waals surface area contributed by atoms with Crippen molar-refractivity contribution in [3.8, 4) is 0 Å². The molecule has 0 aromatic carbocycles. The van der Waals surface area contributed by atoms with Gasteiger partial charge in [0, 0.05) is 19.5 Å². The molecule has 8 nitrogen and oxygen atoms in total. The van der Waals surface area contributed by atoms with Gasteiger partial charge < -0.3 is 9.55 Å². The lowest BCUT2D eigenvalue weighted by molar-refractivity contribution is 0.238. The van der Waals surface area contributed by atoms with Gasteiger partial charge in [-0.15, -0.1) is 10.2 Å². The molecule has 1 atom stereocenters. The summed E-state index contributed by atoms with van der Waals surface area (Å²) in [6.07, 6.45) is 8.55. The van der Waals surface area contributed by atoms with Crippen molar-refractivity contribution in [1.82, 2.24) is 29.0 Å². The van der Waals surface area contributed by atoms with E-state index >= 15 is 0 Å². The number of nitrogens with zero attached hydrogens (tertiary/aromatic N) is 5. The van der Waals surface area contributed by atoms with Crippen LogP contribution in [0.3, 0.4) is 0 Å². The van der Waals surface area contributed by atoms with E-state index in [4.69, 9.17) is 0 Å². The van der Waals surface area contributed by atoms with Crippen molar-refractivity contribution in [2.75, 3.05) is 6.54 Å². The summed E-state index contributed by atoms with van der Waals surface area (Å²) < 4.78 is 29.5. The third-order valence-electron chi connectivity index (χ3n) is 4.70. The first-order valence-electron chi connectivity index (χ1n) is 8.10. The van der Waals surface area contributed by atoms with Crippen LogP contribution >= 0.6 is 0 Å². The summed E-state index contributed by atoms with van der Waals surface area (Å²) in [5, 5.41) is 8.77. The largest absolute Gasteiger partial charge is 0.335 e. The van der Waals surface area contributed by atoms with Crippen molar-refractivity contribution >= 4 is 10.0 Å². The number of aromatic amines is 1. The van der Waals surface area contributed by atoms with Gasteiger partial charge in [0.15, 0.2) is 10.9 Å². The number of piperidine rings is 1. The molecular weight excluding hydrogens is 316 g/mol. The van der Waals surface area contributed by atoms with E-state index in [1.54, 1.807) is 4.31 Å². The first-order valence-corrected chi connectivity index (χ1v) is 9.54. The number of sulfonamides is 1. The summed E-state index contributed by atoms with van der Waals surface area (Å²) in [5.41, 5.74) is 0. The molecule has 0 spiro atoms. The SMILES string of the molecule is O=S(=O)(c1cnc[nH]1)N1CCCC[C@H]1c1nnc2n1CCCC2. The molecule has 124 valence electrons. The molecule has 2 aliphatic heterocycles. The molecule has 4 heterocycles. The Hall–Kier alpha value is -1.74. The fourth-order valence-corrected chi connectivity index (χ4v) is 5.09. The highest BCUT2D eigenvalue weighted by Gasteiger charge is 2.38. The second-order valence-electron chi connectivity index (χ2n) is 6.13. The van der Waals surface area contributed by atoms with Crippen LogP contribution in [0.4, 0.5) is 0 Å². The van der Waals surface area contributed by atoms with E-state index in [0.29, 0.717) is 6.54 Å². The van der Waals surface area contributed by atoms with Crippen LogP contribution in [-0.2, 0) is 23.0 Å². The van der Waals surface area contributed by atoms with E-state index < -0.39 is 10.0 Å². The van der Waals surface area contributed by atoms with Gasteiger partial charge in [0.2, 0.25) is 0 Å². The van der Waals surface area contributed by atoms with E-state index in [1.165, 1.54) is 12.5 Å². The molecule has 1 N–H and O–H groups in total. The summed E-state index contributed by atoms with van der Waals surface area (Å²) in [7, 11) is -3.59. The molecule has 2 aromatic rings. The van der Waals surface area contributed by atoms with Gasteiger partial charge in [-0.1, -0.05) is 6.42 Å². The molecule has 0 aliphatic carbocycles. The van der Waals surface area contributed by atoms with Crippen LogP contribution in [0.15, 0.2) is 17.6 Å². The van der Waals surface area contributed by atoms with E-state index in [0.717, 1.165) is 56.7 Å². The Bertz CT molecular complexity index is 782. The lowest BCUT2D eigenvalue weighted by Gasteiger charge is -2.34. The predicted molar refractivity (Wildman–Crippen MR) is 82.0 cm³/mol. The summed E-state index contributed by atoms with van der Waals surface area (Å²) in [6, 6.07) is -0.239. The average molecular weight is 336 g/mol.